The van der Waals surface area contributed by atoms with Crippen LogP contribution in [0.2, 0.25) is 0 Å². The van der Waals surface area contributed by atoms with Gasteiger partial charge in [0.2, 0.25) is 0 Å². The molecule has 3 N–H and O–H groups in total. The highest BCUT2D eigenvalue weighted by atomic mass is 32.1. The first kappa shape index (κ1) is 17.0. The number of thiazole rings is 1. The first-order chi connectivity index (χ1) is 13.7. The number of hydrogen-bond acceptors (Lipinski definition) is 5. The molecule has 0 spiro atoms. The zero-order valence-corrected chi connectivity index (χ0v) is 15.5. The van der Waals surface area contributed by atoms with Crippen LogP contribution in [0.25, 0.3) is 33.5 Å². The van der Waals surface area contributed by atoms with Gasteiger partial charge in [0.15, 0.2) is 5.01 Å². The van der Waals surface area contributed by atoms with E-state index in [2.05, 4.69) is 25.6 Å². The molecule has 0 unspecified atom stereocenters. The minimum absolute atomic E-state index is 0.142. The number of pyridine rings is 1. The van der Waals surface area contributed by atoms with E-state index in [1.807, 2.05) is 17.5 Å². The third kappa shape index (κ3) is 3.17. The SMILES string of the molecule is O=C(NC1CNC1)c1nc(-c2cnc3[nH]c(-c4ccc(F)cc4)cc3c2)cs1. The maximum atomic E-state index is 13.1. The average molecular weight is 393 g/mol. The van der Waals surface area contributed by atoms with Crippen molar-refractivity contribution >= 4 is 28.3 Å². The summed E-state index contributed by atoms with van der Waals surface area (Å²) in [5.41, 5.74) is 4.07. The summed E-state index contributed by atoms with van der Waals surface area (Å²) >= 11 is 1.32. The Bertz CT molecular complexity index is 1160. The zero-order chi connectivity index (χ0) is 19.1. The third-order valence-electron chi connectivity index (χ3n) is 4.74. The third-order valence-corrected chi connectivity index (χ3v) is 5.58. The van der Waals surface area contributed by atoms with E-state index < -0.39 is 0 Å². The molecule has 0 radical (unpaired) electrons. The van der Waals surface area contributed by atoms with Crippen molar-refractivity contribution < 1.29 is 9.18 Å². The minimum Gasteiger partial charge on any atom is -0.345 e. The molecular weight excluding hydrogens is 377 g/mol. The number of aromatic nitrogens is 3. The lowest BCUT2D eigenvalue weighted by molar-refractivity contribution is 0.0923. The molecule has 0 saturated carbocycles. The van der Waals surface area contributed by atoms with Crippen molar-refractivity contribution in [3.05, 3.63) is 58.8 Å². The number of hydrogen-bond donors (Lipinski definition) is 3. The van der Waals surface area contributed by atoms with Gasteiger partial charge in [-0.2, -0.15) is 0 Å². The van der Waals surface area contributed by atoms with Crippen molar-refractivity contribution in [3.8, 4) is 22.5 Å². The summed E-state index contributed by atoms with van der Waals surface area (Å²) in [5.74, 6) is -0.408. The van der Waals surface area contributed by atoms with Crippen LogP contribution in [0.3, 0.4) is 0 Å². The Morgan fingerprint density at radius 1 is 1.18 bits per heavy atom. The van der Waals surface area contributed by atoms with Gasteiger partial charge < -0.3 is 15.6 Å². The Morgan fingerprint density at radius 3 is 2.75 bits per heavy atom. The Kier molecular flexibility index (Phi) is 4.14. The van der Waals surface area contributed by atoms with Crippen LogP contribution in [-0.2, 0) is 0 Å². The van der Waals surface area contributed by atoms with Crippen LogP contribution in [-0.4, -0.2) is 40.0 Å². The van der Waals surface area contributed by atoms with Crippen LogP contribution in [0.5, 0.6) is 0 Å². The van der Waals surface area contributed by atoms with E-state index in [0.29, 0.717) is 5.01 Å². The summed E-state index contributed by atoms with van der Waals surface area (Å²) in [6.07, 6.45) is 1.74. The molecule has 1 aliphatic heterocycles. The summed E-state index contributed by atoms with van der Waals surface area (Å²) in [7, 11) is 0. The van der Waals surface area contributed by atoms with E-state index in [1.165, 1.54) is 23.5 Å². The number of carbonyl (C=O) groups is 1. The highest BCUT2D eigenvalue weighted by Gasteiger charge is 2.21. The summed E-state index contributed by atoms with van der Waals surface area (Å²) < 4.78 is 13.1. The number of H-pyrrole nitrogens is 1. The molecule has 1 fully saturated rings. The molecule has 1 aliphatic rings. The fourth-order valence-electron chi connectivity index (χ4n) is 3.09. The number of amides is 1. The van der Waals surface area contributed by atoms with Crippen LogP contribution in [0.15, 0.2) is 48.0 Å². The Labute approximate surface area is 163 Å². The summed E-state index contributed by atoms with van der Waals surface area (Å²) in [4.78, 5) is 24.4. The van der Waals surface area contributed by atoms with Crippen molar-refractivity contribution in [2.45, 2.75) is 6.04 Å². The predicted molar refractivity (Wildman–Crippen MR) is 107 cm³/mol. The molecule has 1 aromatic carbocycles. The molecule has 1 saturated heterocycles. The van der Waals surface area contributed by atoms with Crippen LogP contribution in [0, 0.1) is 5.82 Å². The van der Waals surface area contributed by atoms with Crippen molar-refractivity contribution in [2.75, 3.05) is 13.1 Å². The standard InChI is InChI=1S/C20H16FN5OS/c21-14-3-1-11(2-4-14)16-6-12-5-13(7-23-18(12)25-16)17-10-28-20(26-17)19(27)24-15-8-22-9-15/h1-7,10,15,22H,8-9H2,(H,23,25)(H,24,27). The number of aromatic amines is 1. The molecule has 0 bridgehead atoms. The molecular formula is C20H16FN5OS. The van der Waals surface area contributed by atoms with Gasteiger partial charge in [-0.1, -0.05) is 0 Å². The summed E-state index contributed by atoms with van der Waals surface area (Å²) in [6, 6.07) is 10.5. The lowest BCUT2D eigenvalue weighted by atomic mass is 10.1. The van der Waals surface area contributed by atoms with Crippen LogP contribution < -0.4 is 10.6 Å². The Hall–Kier alpha value is -3.10. The van der Waals surface area contributed by atoms with Crippen molar-refractivity contribution in [1.29, 1.82) is 0 Å². The van der Waals surface area contributed by atoms with Gasteiger partial charge in [-0.25, -0.2) is 14.4 Å². The van der Waals surface area contributed by atoms with E-state index in [4.69, 9.17) is 0 Å². The average Bonchev–Trinajstić information content (AvgIpc) is 3.31. The van der Waals surface area contributed by atoms with Gasteiger partial charge in [-0.15, -0.1) is 11.3 Å². The second kappa shape index (κ2) is 6.81. The van der Waals surface area contributed by atoms with Gasteiger partial charge >= 0.3 is 0 Å². The van der Waals surface area contributed by atoms with E-state index in [9.17, 15) is 9.18 Å². The second-order valence-corrected chi connectivity index (χ2v) is 7.58. The maximum Gasteiger partial charge on any atom is 0.280 e. The Morgan fingerprint density at radius 2 is 2.00 bits per heavy atom. The van der Waals surface area contributed by atoms with Gasteiger partial charge in [0.1, 0.15) is 11.5 Å². The molecule has 140 valence electrons. The summed E-state index contributed by atoms with van der Waals surface area (Å²) in [5, 5.41) is 9.31. The number of nitrogens with one attached hydrogen (secondary N) is 3. The zero-order valence-electron chi connectivity index (χ0n) is 14.7. The van der Waals surface area contributed by atoms with Crippen molar-refractivity contribution in [1.82, 2.24) is 25.6 Å². The molecule has 0 atom stereocenters. The Balaban J connectivity index is 1.42. The maximum absolute atomic E-state index is 13.1. The molecule has 5 rings (SSSR count). The monoisotopic (exact) mass is 393 g/mol. The molecule has 1 amide bonds. The normalized spacial score (nSPS) is 14.2. The van der Waals surface area contributed by atoms with Gasteiger partial charge in [-0.3, -0.25) is 4.79 Å². The quantitative estimate of drug-likeness (QED) is 0.497. The number of carbonyl (C=O) groups excluding carboxylic acids is 1. The topological polar surface area (TPSA) is 82.7 Å². The van der Waals surface area contributed by atoms with Crippen molar-refractivity contribution in [2.24, 2.45) is 0 Å². The highest BCUT2D eigenvalue weighted by Crippen LogP contribution is 2.28. The first-order valence-electron chi connectivity index (χ1n) is 8.88. The number of fused-ring (bicyclic) bond motifs is 1. The number of halogens is 1. The van der Waals surface area contributed by atoms with Crippen LogP contribution >= 0.6 is 11.3 Å². The fraction of sp³-hybridized carbons (Fsp3) is 0.150. The summed E-state index contributed by atoms with van der Waals surface area (Å²) in [6.45, 7) is 1.60. The van der Waals surface area contributed by atoms with E-state index in [1.54, 1.807) is 18.3 Å². The predicted octanol–water partition coefficient (Wildman–Crippen LogP) is 3.19. The van der Waals surface area contributed by atoms with Gasteiger partial charge in [0.05, 0.1) is 11.7 Å². The fourth-order valence-corrected chi connectivity index (χ4v) is 3.82. The smallest absolute Gasteiger partial charge is 0.280 e. The van der Waals surface area contributed by atoms with Crippen LogP contribution in [0.1, 0.15) is 9.80 Å². The lowest BCUT2D eigenvalue weighted by Gasteiger charge is -2.27. The van der Waals surface area contributed by atoms with E-state index in [0.717, 1.165) is 46.6 Å². The van der Waals surface area contributed by atoms with Crippen LogP contribution in [0.4, 0.5) is 4.39 Å². The molecule has 0 aliphatic carbocycles. The van der Waals surface area contributed by atoms with E-state index in [-0.39, 0.29) is 17.8 Å². The molecule has 3 aromatic heterocycles. The lowest BCUT2D eigenvalue weighted by Crippen LogP contribution is -2.56. The molecule has 6 nitrogen and oxygen atoms in total. The van der Waals surface area contributed by atoms with Gasteiger partial charge in [0.25, 0.3) is 5.91 Å². The number of nitrogens with zero attached hydrogens (tertiary/aromatic N) is 2. The number of benzene rings is 1. The first-order valence-corrected chi connectivity index (χ1v) is 9.76. The van der Waals surface area contributed by atoms with Crippen molar-refractivity contribution in [3.63, 3.8) is 0 Å². The van der Waals surface area contributed by atoms with Gasteiger partial charge in [-0.05, 0) is 42.0 Å². The van der Waals surface area contributed by atoms with Gasteiger partial charge in [0, 0.05) is 41.3 Å². The minimum atomic E-state index is -0.266. The molecule has 28 heavy (non-hydrogen) atoms. The van der Waals surface area contributed by atoms with E-state index >= 15 is 0 Å². The molecule has 4 aromatic rings. The molecule has 4 heterocycles. The highest BCUT2D eigenvalue weighted by molar-refractivity contribution is 7.12. The number of rotatable bonds is 4. The molecule has 8 heteroatoms. The largest absolute Gasteiger partial charge is 0.345 e. The second-order valence-electron chi connectivity index (χ2n) is 6.72.